The Morgan fingerprint density at radius 1 is 1.33 bits per heavy atom. The molecule has 0 bridgehead atoms. The predicted octanol–water partition coefficient (Wildman–Crippen LogP) is 2.12. The molecule has 1 atom stereocenters. The van der Waals surface area contributed by atoms with E-state index >= 15 is 0 Å². The van der Waals surface area contributed by atoms with E-state index in [-0.39, 0.29) is 0 Å². The van der Waals surface area contributed by atoms with Crippen LogP contribution in [0.3, 0.4) is 0 Å². The van der Waals surface area contributed by atoms with Crippen LogP contribution in [0.2, 0.25) is 0 Å². The quantitative estimate of drug-likeness (QED) is 0.769. The smallest absolute Gasteiger partial charge is 0.129 e. The van der Waals surface area contributed by atoms with E-state index in [0.717, 1.165) is 16.9 Å². The van der Waals surface area contributed by atoms with E-state index in [9.17, 15) is 5.11 Å². The van der Waals surface area contributed by atoms with Crippen molar-refractivity contribution in [1.82, 2.24) is 4.98 Å². The molecule has 1 heterocycles. The second kappa shape index (κ2) is 5.51. The van der Waals surface area contributed by atoms with Gasteiger partial charge in [0.1, 0.15) is 5.82 Å². The topological polar surface area (TPSA) is 71.2 Å². The normalized spacial score (nSPS) is 12.1. The first-order valence-corrected chi connectivity index (χ1v) is 5.86. The van der Waals surface area contributed by atoms with E-state index in [0.29, 0.717) is 12.2 Å². The molecule has 0 spiro atoms. The predicted molar refractivity (Wildman–Crippen MR) is 73.3 cm³/mol. The fourth-order valence-corrected chi connectivity index (χ4v) is 1.77. The van der Waals surface area contributed by atoms with Crippen LogP contribution in [0, 0.1) is 6.92 Å². The minimum absolute atomic E-state index is 0.418. The molecule has 0 aliphatic carbocycles. The summed E-state index contributed by atoms with van der Waals surface area (Å²) in [5.41, 5.74) is 8.13. The van der Waals surface area contributed by atoms with Gasteiger partial charge >= 0.3 is 0 Å². The van der Waals surface area contributed by atoms with Crippen LogP contribution in [-0.2, 0) is 0 Å². The second-order valence-electron chi connectivity index (χ2n) is 4.24. The zero-order chi connectivity index (χ0) is 13.0. The van der Waals surface area contributed by atoms with E-state index in [2.05, 4.69) is 10.3 Å². The molecule has 0 fully saturated rings. The molecule has 4 nitrogen and oxygen atoms in total. The number of aryl methyl sites for hydroxylation is 1. The Labute approximate surface area is 106 Å². The summed E-state index contributed by atoms with van der Waals surface area (Å²) in [5, 5.41) is 13.1. The van der Waals surface area contributed by atoms with E-state index in [4.69, 9.17) is 5.73 Å². The Kier molecular flexibility index (Phi) is 3.79. The SMILES string of the molecule is Cc1cc(N)cnc1NCC(O)c1ccccc1. The standard InChI is InChI=1S/C14H17N3O/c1-10-7-12(15)8-16-14(10)17-9-13(18)11-5-3-2-4-6-11/h2-8,13,18H,9,15H2,1H3,(H,16,17). The van der Waals surface area contributed by atoms with Gasteiger partial charge in [-0.15, -0.1) is 0 Å². The Bertz CT molecular complexity index is 514. The summed E-state index contributed by atoms with van der Waals surface area (Å²) in [7, 11) is 0. The van der Waals surface area contributed by atoms with Gasteiger partial charge in [-0.2, -0.15) is 0 Å². The number of nitrogens with zero attached hydrogens (tertiary/aromatic N) is 1. The van der Waals surface area contributed by atoms with Crippen molar-refractivity contribution in [3.8, 4) is 0 Å². The maximum atomic E-state index is 10.0. The van der Waals surface area contributed by atoms with Gasteiger partial charge in [-0.3, -0.25) is 0 Å². The fourth-order valence-electron chi connectivity index (χ4n) is 1.77. The van der Waals surface area contributed by atoms with Crippen molar-refractivity contribution in [2.24, 2.45) is 0 Å². The molecule has 94 valence electrons. The molecule has 4 N–H and O–H groups in total. The van der Waals surface area contributed by atoms with Crippen molar-refractivity contribution in [3.63, 3.8) is 0 Å². The molecule has 0 aliphatic heterocycles. The first kappa shape index (κ1) is 12.4. The fraction of sp³-hybridized carbons (Fsp3) is 0.214. The summed E-state index contributed by atoms with van der Waals surface area (Å²) in [5.74, 6) is 0.749. The number of hydrogen-bond donors (Lipinski definition) is 3. The van der Waals surface area contributed by atoms with E-state index in [1.54, 1.807) is 6.20 Å². The minimum atomic E-state index is -0.551. The summed E-state index contributed by atoms with van der Waals surface area (Å²) < 4.78 is 0. The van der Waals surface area contributed by atoms with Crippen LogP contribution in [0.25, 0.3) is 0 Å². The molecule has 0 aliphatic rings. The number of nitrogens with two attached hydrogens (primary N) is 1. The highest BCUT2D eigenvalue weighted by atomic mass is 16.3. The first-order chi connectivity index (χ1) is 8.66. The third kappa shape index (κ3) is 2.99. The molecule has 0 amide bonds. The van der Waals surface area contributed by atoms with Crippen LogP contribution in [-0.4, -0.2) is 16.6 Å². The maximum absolute atomic E-state index is 10.0. The highest BCUT2D eigenvalue weighted by Gasteiger charge is 2.07. The van der Waals surface area contributed by atoms with Gasteiger partial charge in [-0.05, 0) is 24.1 Å². The Balaban J connectivity index is 1.99. The minimum Gasteiger partial charge on any atom is -0.397 e. The van der Waals surface area contributed by atoms with E-state index < -0.39 is 6.10 Å². The van der Waals surface area contributed by atoms with Crippen LogP contribution in [0.1, 0.15) is 17.2 Å². The molecule has 1 unspecified atom stereocenters. The van der Waals surface area contributed by atoms with E-state index in [1.807, 2.05) is 43.3 Å². The number of aliphatic hydroxyl groups excluding tert-OH is 1. The van der Waals surface area contributed by atoms with Crippen LogP contribution in [0.5, 0.6) is 0 Å². The average molecular weight is 243 g/mol. The average Bonchev–Trinajstić information content (AvgIpc) is 2.38. The zero-order valence-electron chi connectivity index (χ0n) is 10.3. The third-order valence-corrected chi connectivity index (χ3v) is 2.75. The van der Waals surface area contributed by atoms with Crippen molar-refractivity contribution in [3.05, 3.63) is 53.7 Å². The maximum Gasteiger partial charge on any atom is 0.129 e. The van der Waals surface area contributed by atoms with Gasteiger partial charge < -0.3 is 16.2 Å². The second-order valence-corrected chi connectivity index (χ2v) is 4.24. The number of rotatable bonds is 4. The summed E-state index contributed by atoms with van der Waals surface area (Å²) in [6, 6.07) is 11.4. The highest BCUT2D eigenvalue weighted by molar-refractivity contribution is 5.50. The summed E-state index contributed by atoms with van der Waals surface area (Å²) in [4.78, 5) is 4.20. The molecule has 0 saturated heterocycles. The number of aliphatic hydroxyl groups is 1. The number of nitrogen functional groups attached to an aromatic ring is 1. The van der Waals surface area contributed by atoms with Crippen molar-refractivity contribution < 1.29 is 5.11 Å². The lowest BCUT2D eigenvalue weighted by Crippen LogP contribution is -2.13. The van der Waals surface area contributed by atoms with Gasteiger partial charge in [-0.1, -0.05) is 30.3 Å². The summed E-state index contributed by atoms with van der Waals surface area (Å²) >= 11 is 0. The molecular weight excluding hydrogens is 226 g/mol. The number of aromatic nitrogens is 1. The van der Waals surface area contributed by atoms with Gasteiger partial charge in [-0.25, -0.2) is 4.98 Å². The molecule has 0 radical (unpaired) electrons. The Morgan fingerprint density at radius 3 is 2.72 bits per heavy atom. The van der Waals surface area contributed by atoms with Crippen molar-refractivity contribution in [1.29, 1.82) is 0 Å². The molecule has 4 heteroatoms. The monoisotopic (exact) mass is 243 g/mol. The largest absolute Gasteiger partial charge is 0.397 e. The Morgan fingerprint density at radius 2 is 2.06 bits per heavy atom. The van der Waals surface area contributed by atoms with Crippen molar-refractivity contribution >= 4 is 11.5 Å². The van der Waals surface area contributed by atoms with Crippen LogP contribution in [0.4, 0.5) is 11.5 Å². The number of benzene rings is 1. The summed E-state index contributed by atoms with van der Waals surface area (Å²) in [6.07, 6.45) is 1.05. The van der Waals surface area contributed by atoms with Crippen molar-refractivity contribution in [2.45, 2.75) is 13.0 Å². The number of anilines is 2. The summed E-state index contributed by atoms with van der Waals surface area (Å²) in [6.45, 7) is 2.35. The molecule has 2 aromatic rings. The van der Waals surface area contributed by atoms with Crippen LogP contribution < -0.4 is 11.1 Å². The molecule has 18 heavy (non-hydrogen) atoms. The third-order valence-electron chi connectivity index (χ3n) is 2.75. The van der Waals surface area contributed by atoms with Crippen LogP contribution >= 0.6 is 0 Å². The highest BCUT2D eigenvalue weighted by Crippen LogP contribution is 2.16. The number of pyridine rings is 1. The van der Waals surface area contributed by atoms with Gasteiger partial charge in [0.2, 0.25) is 0 Å². The van der Waals surface area contributed by atoms with Gasteiger partial charge in [0.15, 0.2) is 0 Å². The van der Waals surface area contributed by atoms with E-state index in [1.165, 1.54) is 0 Å². The lowest BCUT2D eigenvalue weighted by atomic mass is 10.1. The number of hydrogen-bond acceptors (Lipinski definition) is 4. The number of nitrogens with one attached hydrogen (secondary N) is 1. The van der Waals surface area contributed by atoms with Gasteiger partial charge in [0, 0.05) is 6.54 Å². The van der Waals surface area contributed by atoms with Crippen LogP contribution in [0.15, 0.2) is 42.6 Å². The van der Waals surface area contributed by atoms with Gasteiger partial charge in [0.05, 0.1) is 18.0 Å². The van der Waals surface area contributed by atoms with Gasteiger partial charge in [0.25, 0.3) is 0 Å². The molecule has 1 aromatic heterocycles. The lowest BCUT2D eigenvalue weighted by molar-refractivity contribution is 0.191. The van der Waals surface area contributed by atoms with Crippen molar-refractivity contribution in [2.75, 3.05) is 17.6 Å². The Hall–Kier alpha value is -2.07. The lowest BCUT2D eigenvalue weighted by Gasteiger charge is -2.14. The molecular formula is C14H17N3O. The molecule has 0 saturated carbocycles. The molecule has 2 rings (SSSR count). The molecule has 1 aromatic carbocycles. The first-order valence-electron chi connectivity index (χ1n) is 5.86. The zero-order valence-corrected chi connectivity index (χ0v) is 10.3.